The maximum Gasteiger partial charge on any atom is 0.226 e. The van der Waals surface area contributed by atoms with Crippen LogP contribution in [-0.2, 0) is 22.7 Å². The van der Waals surface area contributed by atoms with E-state index in [1.165, 1.54) is 5.56 Å². The molecule has 168 valence electrons. The van der Waals surface area contributed by atoms with Gasteiger partial charge in [-0.15, -0.1) is 0 Å². The van der Waals surface area contributed by atoms with Gasteiger partial charge in [0.05, 0.1) is 0 Å². The van der Waals surface area contributed by atoms with E-state index in [9.17, 15) is 9.59 Å². The third-order valence-corrected chi connectivity index (χ3v) is 7.24. The summed E-state index contributed by atoms with van der Waals surface area (Å²) in [6, 6.07) is 12.9. The van der Waals surface area contributed by atoms with Crippen LogP contribution in [0.5, 0.6) is 0 Å². The van der Waals surface area contributed by atoms with Crippen molar-refractivity contribution >= 4 is 17.5 Å². The molecule has 1 aliphatic carbocycles. The molecular formula is C26H32N4O2. The highest BCUT2D eigenvalue weighted by atomic mass is 16.2. The fourth-order valence-electron chi connectivity index (χ4n) is 5.40. The highest BCUT2D eigenvalue weighted by Gasteiger charge is 2.39. The fraction of sp³-hybridized carbons (Fsp3) is 0.500. The largest absolute Gasteiger partial charge is 0.336 e. The molecule has 2 fully saturated rings. The first-order valence-electron chi connectivity index (χ1n) is 11.9. The molecule has 1 aromatic heterocycles. The summed E-state index contributed by atoms with van der Waals surface area (Å²) in [5, 5.41) is 0. The number of amides is 2. The highest BCUT2D eigenvalue weighted by Crippen LogP contribution is 2.36. The van der Waals surface area contributed by atoms with Crippen molar-refractivity contribution in [1.29, 1.82) is 0 Å². The third kappa shape index (κ3) is 4.42. The monoisotopic (exact) mass is 432 g/mol. The van der Waals surface area contributed by atoms with E-state index in [0.717, 1.165) is 56.4 Å². The number of pyridine rings is 1. The Hall–Kier alpha value is -2.73. The highest BCUT2D eigenvalue weighted by molar-refractivity contribution is 5.92. The summed E-state index contributed by atoms with van der Waals surface area (Å²) >= 11 is 0. The zero-order chi connectivity index (χ0) is 22.1. The molecule has 1 saturated carbocycles. The summed E-state index contributed by atoms with van der Waals surface area (Å²) in [7, 11) is 0. The Bertz CT molecular complexity index is 975. The number of aromatic nitrogens is 1. The van der Waals surface area contributed by atoms with Gasteiger partial charge in [-0.2, -0.15) is 0 Å². The van der Waals surface area contributed by atoms with Crippen LogP contribution in [0.25, 0.3) is 0 Å². The number of hydrogen-bond donors (Lipinski definition) is 0. The molecule has 1 saturated heterocycles. The summed E-state index contributed by atoms with van der Waals surface area (Å²) in [5.41, 5.74) is 3.21. The molecule has 6 nitrogen and oxygen atoms in total. The minimum absolute atomic E-state index is 0.0603. The van der Waals surface area contributed by atoms with Gasteiger partial charge in [-0.1, -0.05) is 24.3 Å². The van der Waals surface area contributed by atoms with Crippen LogP contribution in [0.15, 0.2) is 48.8 Å². The van der Waals surface area contributed by atoms with E-state index in [4.69, 9.17) is 0 Å². The van der Waals surface area contributed by atoms with Gasteiger partial charge in [0.15, 0.2) is 0 Å². The number of carbonyl (C=O) groups excluding carboxylic acids is 2. The van der Waals surface area contributed by atoms with E-state index in [1.54, 1.807) is 6.92 Å². The molecule has 6 heteroatoms. The fourth-order valence-corrected chi connectivity index (χ4v) is 5.40. The van der Waals surface area contributed by atoms with Gasteiger partial charge in [0, 0.05) is 69.2 Å². The third-order valence-electron chi connectivity index (χ3n) is 7.24. The van der Waals surface area contributed by atoms with Crippen LogP contribution in [0, 0.1) is 5.92 Å². The van der Waals surface area contributed by atoms with Gasteiger partial charge in [0.1, 0.15) is 0 Å². The van der Waals surface area contributed by atoms with E-state index in [2.05, 4.69) is 26.9 Å². The van der Waals surface area contributed by atoms with E-state index in [1.807, 2.05) is 41.6 Å². The SMILES string of the molecule is CC(=O)N1CCC2CCC(CN(C(=O)C3CC3)Cc3ccccc31)N2Cc1cccnc1. The van der Waals surface area contributed by atoms with Crippen LogP contribution in [0.3, 0.4) is 0 Å². The molecule has 2 aromatic rings. The first-order valence-corrected chi connectivity index (χ1v) is 11.9. The summed E-state index contributed by atoms with van der Waals surface area (Å²) < 4.78 is 0. The summed E-state index contributed by atoms with van der Waals surface area (Å²) in [6.45, 7) is 4.50. The van der Waals surface area contributed by atoms with Crippen LogP contribution >= 0.6 is 0 Å². The van der Waals surface area contributed by atoms with Gasteiger partial charge in [-0.3, -0.25) is 19.5 Å². The van der Waals surface area contributed by atoms with Crippen molar-refractivity contribution in [3.63, 3.8) is 0 Å². The lowest BCUT2D eigenvalue weighted by molar-refractivity contribution is -0.134. The maximum absolute atomic E-state index is 13.3. The average molecular weight is 433 g/mol. The normalized spacial score (nSPS) is 24.0. The van der Waals surface area contributed by atoms with Crippen molar-refractivity contribution < 1.29 is 9.59 Å². The van der Waals surface area contributed by atoms with Crippen molar-refractivity contribution in [2.75, 3.05) is 18.0 Å². The number of fused-ring (bicyclic) bond motifs is 3. The lowest BCUT2D eigenvalue weighted by Gasteiger charge is -2.34. The Kier molecular flexibility index (Phi) is 5.96. The van der Waals surface area contributed by atoms with E-state index >= 15 is 0 Å². The van der Waals surface area contributed by atoms with Crippen LogP contribution in [0.4, 0.5) is 5.69 Å². The van der Waals surface area contributed by atoms with E-state index in [0.29, 0.717) is 25.2 Å². The molecule has 2 aliphatic heterocycles. The molecule has 1 aromatic carbocycles. The molecule has 5 rings (SSSR count). The molecule has 2 bridgehead atoms. The minimum atomic E-state index is 0.0603. The number of hydrogen-bond acceptors (Lipinski definition) is 4. The van der Waals surface area contributed by atoms with Crippen LogP contribution in [0.2, 0.25) is 0 Å². The van der Waals surface area contributed by atoms with Crippen LogP contribution in [0.1, 0.15) is 50.2 Å². The van der Waals surface area contributed by atoms with Crippen molar-refractivity contribution in [3.8, 4) is 0 Å². The summed E-state index contributed by atoms with van der Waals surface area (Å²) in [5.74, 6) is 0.517. The predicted molar refractivity (Wildman–Crippen MR) is 124 cm³/mol. The lowest BCUT2D eigenvalue weighted by atomic mass is 10.1. The molecule has 3 aliphatic rings. The standard InChI is InChI=1S/C26H32N4O2/c1-19(31)29-14-12-23-10-11-24(30(23)16-20-5-4-13-27-15-20)18-28(26(32)21-8-9-21)17-22-6-2-3-7-25(22)29/h2-7,13,15,21,23-24H,8-12,14,16-18H2,1H3. The zero-order valence-corrected chi connectivity index (χ0v) is 18.8. The van der Waals surface area contributed by atoms with Gasteiger partial charge in [-0.05, 0) is 55.4 Å². The number of para-hydroxylation sites is 1. The zero-order valence-electron chi connectivity index (χ0n) is 18.8. The molecule has 32 heavy (non-hydrogen) atoms. The predicted octanol–water partition coefficient (Wildman–Crippen LogP) is 3.61. The van der Waals surface area contributed by atoms with Crippen LogP contribution in [-0.4, -0.2) is 51.8 Å². The summed E-state index contributed by atoms with van der Waals surface area (Å²) in [6.07, 6.45) is 8.87. The van der Waals surface area contributed by atoms with Gasteiger partial charge in [-0.25, -0.2) is 0 Å². The van der Waals surface area contributed by atoms with Crippen molar-refractivity contribution in [2.24, 2.45) is 5.92 Å². The first kappa shape index (κ1) is 21.1. The molecule has 3 heterocycles. The molecule has 0 radical (unpaired) electrons. The first-order chi connectivity index (χ1) is 15.6. The Balaban J connectivity index is 1.50. The summed E-state index contributed by atoms with van der Waals surface area (Å²) in [4.78, 5) is 36.8. The number of nitrogens with zero attached hydrogens (tertiary/aromatic N) is 4. The number of rotatable bonds is 3. The van der Waals surface area contributed by atoms with E-state index in [-0.39, 0.29) is 17.7 Å². The molecule has 2 atom stereocenters. The Morgan fingerprint density at radius 3 is 2.56 bits per heavy atom. The molecular weight excluding hydrogens is 400 g/mol. The van der Waals surface area contributed by atoms with E-state index < -0.39 is 0 Å². The second-order valence-electron chi connectivity index (χ2n) is 9.50. The van der Waals surface area contributed by atoms with Gasteiger partial charge in [0.2, 0.25) is 11.8 Å². The Morgan fingerprint density at radius 2 is 1.81 bits per heavy atom. The minimum Gasteiger partial charge on any atom is -0.336 e. The molecule has 0 spiro atoms. The van der Waals surface area contributed by atoms with Gasteiger partial charge < -0.3 is 9.80 Å². The van der Waals surface area contributed by atoms with Crippen molar-refractivity contribution in [2.45, 2.75) is 64.2 Å². The smallest absolute Gasteiger partial charge is 0.226 e. The Labute approximate surface area is 190 Å². The molecule has 0 N–H and O–H groups in total. The van der Waals surface area contributed by atoms with Gasteiger partial charge in [0.25, 0.3) is 0 Å². The van der Waals surface area contributed by atoms with Crippen molar-refractivity contribution in [1.82, 2.24) is 14.8 Å². The second-order valence-corrected chi connectivity index (χ2v) is 9.50. The lowest BCUT2D eigenvalue weighted by Crippen LogP contribution is -2.45. The number of anilines is 1. The van der Waals surface area contributed by atoms with Gasteiger partial charge >= 0.3 is 0 Å². The quantitative estimate of drug-likeness (QED) is 0.744. The number of carbonyl (C=O) groups is 2. The molecule has 2 amide bonds. The second kappa shape index (κ2) is 9.02. The maximum atomic E-state index is 13.3. The van der Waals surface area contributed by atoms with Crippen LogP contribution < -0.4 is 4.90 Å². The average Bonchev–Trinajstić information content (AvgIpc) is 3.58. The topological polar surface area (TPSA) is 56.8 Å². The number of benzene rings is 1. The Morgan fingerprint density at radius 1 is 1.00 bits per heavy atom. The molecule has 2 unspecified atom stereocenters. The van der Waals surface area contributed by atoms with Crippen molar-refractivity contribution in [3.05, 3.63) is 59.9 Å².